The molecular weight excluding hydrogens is 380 g/mol. The van der Waals surface area contributed by atoms with E-state index >= 15 is 0 Å². The summed E-state index contributed by atoms with van der Waals surface area (Å²) in [6, 6.07) is 23.8. The van der Waals surface area contributed by atoms with Crippen LogP contribution in [0.4, 0.5) is 0 Å². The number of hydrogen-bond donors (Lipinski definition) is 0. The molecule has 5 nitrogen and oxygen atoms in total. The molecule has 154 valence electrons. The lowest BCUT2D eigenvalue weighted by Crippen LogP contribution is -2.18. The van der Waals surface area contributed by atoms with Gasteiger partial charge < -0.3 is 14.2 Å². The van der Waals surface area contributed by atoms with Crippen molar-refractivity contribution in [3.8, 4) is 11.5 Å². The first-order chi connectivity index (χ1) is 14.6. The summed E-state index contributed by atoms with van der Waals surface area (Å²) in [7, 11) is 0. The molecule has 0 amide bonds. The molecule has 0 spiro atoms. The molecule has 0 fully saturated rings. The number of esters is 2. The van der Waals surface area contributed by atoms with Gasteiger partial charge in [-0.3, -0.25) is 0 Å². The van der Waals surface area contributed by atoms with Gasteiger partial charge in [0.05, 0.1) is 12.2 Å². The first-order valence-corrected chi connectivity index (χ1v) is 9.81. The van der Waals surface area contributed by atoms with Gasteiger partial charge in [-0.15, -0.1) is 0 Å². The maximum atomic E-state index is 12.2. The van der Waals surface area contributed by atoms with E-state index in [0.717, 1.165) is 18.4 Å². The van der Waals surface area contributed by atoms with Crippen LogP contribution in [0.15, 0.2) is 78.9 Å². The summed E-state index contributed by atoms with van der Waals surface area (Å²) in [5.74, 6) is -0.131. The van der Waals surface area contributed by atoms with E-state index in [9.17, 15) is 9.59 Å². The number of benzene rings is 3. The van der Waals surface area contributed by atoms with Crippen LogP contribution in [0, 0.1) is 6.92 Å². The van der Waals surface area contributed by atoms with E-state index in [0.29, 0.717) is 17.9 Å². The van der Waals surface area contributed by atoms with Crippen molar-refractivity contribution in [3.05, 3.63) is 95.6 Å². The molecule has 30 heavy (non-hydrogen) atoms. The minimum absolute atomic E-state index is 0.225. The van der Waals surface area contributed by atoms with Crippen LogP contribution in [0.2, 0.25) is 0 Å². The molecule has 0 unspecified atom stereocenters. The quantitative estimate of drug-likeness (QED) is 0.292. The average Bonchev–Trinajstić information content (AvgIpc) is 2.76. The summed E-state index contributed by atoms with van der Waals surface area (Å²) in [6.45, 7) is 2.04. The molecule has 0 radical (unpaired) electrons. The van der Waals surface area contributed by atoms with Crippen LogP contribution >= 0.6 is 0 Å². The van der Waals surface area contributed by atoms with Crippen molar-refractivity contribution in [1.29, 1.82) is 0 Å². The summed E-state index contributed by atoms with van der Waals surface area (Å²) in [4.78, 5) is 24.3. The van der Waals surface area contributed by atoms with Crippen LogP contribution in [0.5, 0.6) is 11.5 Å². The van der Waals surface area contributed by atoms with Crippen molar-refractivity contribution in [2.75, 3.05) is 13.2 Å². The lowest BCUT2D eigenvalue weighted by Gasteiger charge is -2.09. The van der Waals surface area contributed by atoms with Crippen LogP contribution < -0.4 is 9.47 Å². The van der Waals surface area contributed by atoms with Gasteiger partial charge in [-0.1, -0.05) is 48.5 Å². The summed E-state index contributed by atoms with van der Waals surface area (Å²) >= 11 is 0. The summed E-state index contributed by atoms with van der Waals surface area (Å²) in [6.07, 6.45) is 1.58. The van der Waals surface area contributed by atoms with Crippen LogP contribution in [0.25, 0.3) is 0 Å². The Hall–Kier alpha value is -3.60. The summed E-state index contributed by atoms with van der Waals surface area (Å²) < 4.78 is 16.0. The number of aryl methyl sites for hydroxylation is 2. The zero-order valence-corrected chi connectivity index (χ0v) is 16.9. The largest absolute Gasteiger partial charge is 0.482 e. The molecule has 0 heterocycles. The predicted octanol–water partition coefficient (Wildman–Crippen LogP) is 4.77. The van der Waals surface area contributed by atoms with Crippen LogP contribution in [-0.2, 0) is 16.0 Å². The first-order valence-electron chi connectivity index (χ1n) is 9.81. The van der Waals surface area contributed by atoms with Gasteiger partial charge in [0, 0.05) is 0 Å². The third-order valence-electron chi connectivity index (χ3n) is 4.33. The van der Waals surface area contributed by atoms with Gasteiger partial charge >= 0.3 is 11.9 Å². The zero-order valence-electron chi connectivity index (χ0n) is 16.9. The molecule has 0 bridgehead atoms. The SMILES string of the molecule is Cc1cccc(OCC(=O)Oc2cccc(C(=O)OCCCc3ccccc3)c2)c1. The highest BCUT2D eigenvalue weighted by Crippen LogP contribution is 2.16. The Morgan fingerprint density at radius 3 is 2.40 bits per heavy atom. The molecule has 0 aliphatic heterocycles. The Bertz CT molecular complexity index is 982. The van der Waals surface area contributed by atoms with Crippen molar-refractivity contribution < 1.29 is 23.8 Å². The van der Waals surface area contributed by atoms with E-state index in [-0.39, 0.29) is 12.4 Å². The second-order valence-electron chi connectivity index (χ2n) is 6.83. The van der Waals surface area contributed by atoms with Gasteiger partial charge in [-0.2, -0.15) is 0 Å². The lowest BCUT2D eigenvalue weighted by molar-refractivity contribution is -0.136. The van der Waals surface area contributed by atoms with Crippen molar-refractivity contribution in [1.82, 2.24) is 0 Å². The maximum absolute atomic E-state index is 12.2. The summed E-state index contributed by atoms with van der Waals surface area (Å²) in [5.41, 5.74) is 2.57. The van der Waals surface area contributed by atoms with Gasteiger partial charge in [-0.25, -0.2) is 9.59 Å². The fourth-order valence-electron chi connectivity index (χ4n) is 2.86. The molecule has 0 saturated carbocycles. The van der Waals surface area contributed by atoms with Crippen molar-refractivity contribution in [2.45, 2.75) is 19.8 Å². The molecule has 0 aromatic heterocycles. The molecule has 5 heteroatoms. The third-order valence-corrected chi connectivity index (χ3v) is 4.33. The van der Waals surface area contributed by atoms with Crippen LogP contribution in [0.3, 0.4) is 0 Å². The Morgan fingerprint density at radius 1 is 0.833 bits per heavy atom. The Morgan fingerprint density at radius 2 is 1.60 bits per heavy atom. The van der Waals surface area contributed by atoms with Gasteiger partial charge in [0.1, 0.15) is 11.5 Å². The molecular formula is C25H24O5. The highest BCUT2D eigenvalue weighted by atomic mass is 16.6. The van der Waals surface area contributed by atoms with Gasteiger partial charge in [0.15, 0.2) is 6.61 Å². The second-order valence-corrected chi connectivity index (χ2v) is 6.83. The standard InChI is InChI=1S/C25H24O5/c1-19-8-5-13-22(16-19)29-18-24(26)30-23-14-6-12-21(17-23)25(27)28-15-7-11-20-9-3-2-4-10-20/h2-6,8-10,12-14,16-17H,7,11,15,18H2,1H3. The third kappa shape index (κ3) is 6.78. The Kier molecular flexibility index (Phi) is 7.61. The highest BCUT2D eigenvalue weighted by molar-refractivity contribution is 5.90. The number of ether oxygens (including phenoxy) is 3. The average molecular weight is 404 g/mol. The summed E-state index contributed by atoms with van der Waals surface area (Å²) in [5, 5.41) is 0. The predicted molar refractivity (Wildman–Crippen MR) is 114 cm³/mol. The molecule has 3 rings (SSSR count). The number of rotatable bonds is 9. The monoisotopic (exact) mass is 404 g/mol. The zero-order chi connectivity index (χ0) is 21.2. The molecule has 0 atom stereocenters. The topological polar surface area (TPSA) is 61.8 Å². The minimum Gasteiger partial charge on any atom is -0.482 e. The first kappa shape index (κ1) is 21.1. The Balaban J connectivity index is 1.45. The van der Waals surface area contributed by atoms with E-state index in [2.05, 4.69) is 0 Å². The minimum atomic E-state index is -0.551. The molecule has 0 aliphatic rings. The fourth-order valence-corrected chi connectivity index (χ4v) is 2.86. The molecule has 0 aliphatic carbocycles. The molecule has 3 aromatic carbocycles. The second kappa shape index (κ2) is 10.8. The van der Waals surface area contributed by atoms with Crippen molar-refractivity contribution in [2.24, 2.45) is 0 Å². The highest BCUT2D eigenvalue weighted by Gasteiger charge is 2.11. The number of carbonyl (C=O) groups is 2. The van der Waals surface area contributed by atoms with Gasteiger partial charge in [0.2, 0.25) is 0 Å². The van der Waals surface area contributed by atoms with Crippen molar-refractivity contribution >= 4 is 11.9 Å². The van der Waals surface area contributed by atoms with Gasteiger partial charge in [-0.05, 0) is 61.2 Å². The van der Waals surface area contributed by atoms with Crippen LogP contribution in [0.1, 0.15) is 27.9 Å². The van der Waals surface area contributed by atoms with E-state index in [1.165, 1.54) is 11.6 Å². The smallest absolute Gasteiger partial charge is 0.349 e. The van der Waals surface area contributed by atoms with E-state index in [4.69, 9.17) is 14.2 Å². The van der Waals surface area contributed by atoms with E-state index < -0.39 is 11.9 Å². The van der Waals surface area contributed by atoms with E-state index in [1.54, 1.807) is 24.3 Å². The molecule has 3 aromatic rings. The Labute approximate surface area is 176 Å². The van der Waals surface area contributed by atoms with Gasteiger partial charge in [0.25, 0.3) is 0 Å². The normalized spacial score (nSPS) is 10.3. The van der Waals surface area contributed by atoms with Crippen molar-refractivity contribution in [3.63, 3.8) is 0 Å². The van der Waals surface area contributed by atoms with E-state index in [1.807, 2.05) is 55.5 Å². The number of hydrogen-bond acceptors (Lipinski definition) is 5. The van der Waals surface area contributed by atoms with Crippen LogP contribution in [-0.4, -0.2) is 25.2 Å². The fraction of sp³-hybridized carbons (Fsp3) is 0.200. The maximum Gasteiger partial charge on any atom is 0.349 e. The lowest BCUT2D eigenvalue weighted by atomic mass is 10.1. The molecule has 0 N–H and O–H groups in total. The number of carbonyl (C=O) groups excluding carboxylic acids is 2. The molecule has 0 saturated heterocycles.